The van der Waals surface area contributed by atoms with E-state index in [-0.39, 0.29) is 5.97 Å². The van der Waals surface area contributed by atoms with Crippen molar-refractivity contribution in [3.63, 3.8) is 0 Å². The number of methoxy groups -OCH3 is 2. The van der Waals surface area contributed by atoms with Crippen LogP contribution in [0.5, 0.6) is 11.5 Å². The van der Waals surface area contributed by atoms with Crippen molar-refractivity contribution in [1.29, 1.82) is 0 Å². The minimum atomic E-state index is -0.536. The van der Waals surface area contributed by atoms with Crippen molar-refractivity contribution in [2.75, 3.05) is 14.2 Å². The molecule has 1 atom stereocenters. The van der Waals surface area contributed by atoms with Crippen LogP contribution in [0.4, 0.5) is 0 Å². The van der Waals surface area contributed by atoms with Crippen molar-refractivity contribution in [1.82, 2.24) is 5.32 Å². The van der Waals surface area contributed by atoms with E-state index in [1.807, 2.05) is 69.3 Å². The molecule has 0 saturated carbocycles. The highest BCUT2D eigenvalue weighted by molar-refractivity contribution is 5.76. The summed E-state index contributed by atoms with van der Waals surface area (Å²) in [6, 6.07) is 15.1. The molecule has 1 N–H and O–H groups in total. The highest BCUT2D eigenvalue weighted by Crippen LogP contribution is 2.24. The van der Waals surface area contributed by atoms with Gasteiger partial charge in [-0.1, -0.05) is 36.4 Å². The van der Waals surface area contributed by atoms with Crippen LogP contribution in [-0.4, -0.2) is 31.8 Å². The second-order valence-corrected chi connectivity index (χ2v) is 7.33. The first-order valence-corrected chi connectivity index (χ1v) is 9.03. The van der Waals surface area contributed by atoms with E-state index in [4.69, 9.17) is 14.2 Å². The molecule has 5 heteroatoms. The highest BCUT2D eigenvalue weighted by atomic mass is 16.6. The number of hydrogen-bond acceptors (Lipinski definition) is 5. The van der Waals surface area contributed by atoms with Crippen LogP contribution in [-0.2, 0) is 22.5 Å². The molecule has 27 heavy (non-hydrogen) atoms. The largest absolute Gasteiger partial charge is 0.497 e. The van der Waals surface area contributed by atoms with Crippen LogP contribution >= 0.6 is 0 Å². The van der Waals surface area contributed by atoms with Gasteiger partial charge in [0.05, 0.1) is 14.2 Å². The Balaban J connectivity index is 2.15. The molecule has 2 aromatic rings. The lowest BCUT2D eigenvalue weighted by molar-refractivity contribution is -0.157. The zero-order chi connectivity index (χ0) is 19.9. The maximum atomic E-state index is 12.7. The Morgan fingerprint density at radius 1 is 1.04 bits per heavy atom. The summed E-state index contributed by atoms with van der Waals surface area (Å²) in [6.07, 6.45) is 0.550. The number of ether oxygens (including phenoxy) is 3. The average molecular weight is 371 g/mol. The lowest BCUT2D eigenvalue weighted by atomic mass is 10.0. The molecule has 0 heterocycles. The molecule has 0 fully saturated rings. The van der Waals surface area contributed by atoms with Gasteiger partial charge in [-0.25, -0.2) is 0 Å². The number of hydrogen-bond donors (Lipinski definition) is 1. The van der Waals surface area contributed by atoms with Crippen LogP contribution in [0.15, 0.2) is 48.5 Å². The Labute approximate surface area is 161 Å². The van der Waals surface area contributed by atoms with Gasteiger partial charge in [-0.2, -0.15) is 0 Å². The average Bonchev–Trinajstić information content (AvgIpc) is 2.64. The van der Waals surface area contributed by atoms with E-state index in [0.717, 1.165) is 16.9 Å². The number of rotatable bonds is 8. The molecule has 0 radical (unpaired) electrons. The van der Waals surface area contributed by atoms with Crippen molar-refractivity contribution in [2.24, 2.45) is 0 Å². The summed E-state index contributed by atoms with van der Waals surface area (Å²) in [4.78, 5) is 12.7. The second kappa shape index (κ2) is 9.42. The fourth-order valence-corrected chi connectivity index (χ4v) is 2.69. The topological polar surface area (TPSA) is 56.8 Å². The zero-order valence-electron chi connectivity index (χ0n) is 16.7. The van der Waals surface area contributed by atoms with Gasteiger partial charge in [0.15, 0.2) is 0 Å². The van der Waals surface area contributed by atoms with Gasteiger partial charge < -0.3 is 14.2 Å². The van der Waals surface area contributed by atoms with Gasteiger partial charge in [0, 0.05) is 18.2 Å². The number of carbonyl (C=O) groups is 1. The summed E-state index contributed by atoms with van der Waals surface area (Å²) in [5, 5.41) is 3.32. The third kappa shape index (κ3) is 6.61. The molecular formula is C22H29NO4. The Morgan fingerprint density at radius 2 is 1.74 bits per heavy atom. The quantitative estimate of drug-likeness (QED) is 0.716. The van der Waals surface area contributed by atoms with Crippen molar-refractivity contribution in [3.8, 4) is 11.5 Å². The van der Waals surface area contributed by atoms with Gasteiger partial charge in [-0.05, 0) is 38.8 Å². The normalized spacial score (nSPS) is 12.3. The molecule has 0 aliphatic rings. The summed E-state index contributed by atoms with van der Waals surface area (Å²) in [5.74, 6) is 1.17. The molecular weight excluding hydrogens is 342 g/mol. The summed E-state index contributed by atoms with van der Waals surface area (Å²) in [5.41, 5.74) is 1.48. The SMILES string of the molecule is COc1ccc(CN[C@@H](Cc2ccccc2)C(=O)OC(C)(C)C)c(OC)c1. The van der Waals surface area contributed by atoms with Crippen molar-refractivity contribution in [3.05, 3.63) is 59.7 Å². The van der Waals surface area contributed by atoms with E-state index in [0.29, 0.717) is 18.7 Å². The first kappa shape index (κ1) is 20.8. The molecule has 0 saturated heterocycles. The first-order valence-electron chi connectivity index (χ1n) is 9.03. The third-order valence-electron chi connectivity index (χ3n) is 4.01. The predicted octanol–water partition coefficient (Wildman–Crippen LogP) is 3.75. The van der Waals surface area contributed by atoms with E-state index in [1.54, 1.807) is 14.2 Å². The maximum Gasteiger partial charge on any atom is 0.324 e. The lowest BCUT2D eigenvalue weighted by Crippen LogP contribution is -2.42. The van der Waals surface area contributed by atoms with E-state index in [9.17, 15) is 4.79 Å². The number of nitrogens with one attached hydrogen (secondary N) is 1. The lowest BCUT2D eigenvalue weighted by Gasteiger charge is -2.25. The maximum absolute atomic E-state index is 12.7. The van der Waals surface area contributed by atoms with Crippen LogP contribution in [0.1, 0.15) is 31.9 Å². The standard InChI is InChI=1S/C22H29NO4/c1-22(2,3)27-21(24)19(13-16-9-7-6-8-10-16)23-15-17-11-12-18(25-4)14-20(17)26-5/h6-12,14,19,23H,13,15H2,1-5H3/t19-/m0/s1. The molecule has 0 aliphatic heterocycles. The van der Waals surface area contributed by atoms with Gasteiger partial charge in [-0.3, -0.25) is 10.1 Å². The van der Waals surface area contributed by atoms with E-state index in [2.05, 4.69) is 5.32 Å². The Morgan fingerprint density at radius 3 is 2.33 bits per heavy atom. The van der Waals surface area contributed by atoms with Gasteiger partial charge in [-0.15, -0.1) is 0 Å². The molecule has 0 spiro atoms. The zero-order valence-corrected chi connectivity index (χ0v) is 16.7. The minimum absolute atomic E-state index is 0.265. The number of esters is 1. The van der Waals surface area contributed by atoms with Crippen LogP contribution in [0.3, 0.4) is 0 Å². The molecule has 0 aliphatic carbocycles. The fraction of sp³-hybridized carbons (Fsp3) is 0.409. The molecule has 0 aromatic heterocycles. The van der Waals surface area contributed by atoms with E-state index in [1.165, 1.54) is 0 Å². The van der Waals surface area contributed by atoms with Crippen LogP contribution in [0.2, 0.25) is 0 Å². The van der Waals surface area contributed by atoms with Crippen LogP contribution in [0, 0.1) is 0 Å². The highest BCUT2D eigenvalue weighted by Gasteiger charge is 2.25. The smallest absolute Gasteiger partial charge is 0.324 e. The van der Waals surface area contributed by atoms with Crippen molar-refractivity contribution < 1.29 is 19.0 Å². The van der Waals surface area contributed by atoms with Crippen molar-refractivity contribution in [2.45, 2.75) is 45.4 Å². The minimum Gasteiger partial charge on any atom is -0.497 e. The predicted molar refractivity (Wildman–Crippen MR) is 106 cm³/mol. The van der Waals surface area contributed by atoms with E-state index >= 15 is 0 Å². The van der Waals surface area contributed by atoms with E-state index < -0.39 is 11.6 Å². The van der Waals surface area contributed by atoms with Crippen LogP contribution in [0.25, 0.3) is 0 Å². The van der Waals surface area contributed by atoms with Gasteiger partial charge in [0.2, 0.25) is 0 Å². The molecule has 2 rings (SSSR count). The Kier molecular flexibility index (Phi) is 7.25. The molecule has 0 bridgehead atoms. The number of carbonyl (C=O) groups excluding carboxylic acids is 1. The summed E-state index contributed by atoms with van der Waals surface area (Å²) in [6.45, 7) is 6.09. The molecule has 0 unspecified atom stereocenters. The molecule has 0 amide bonds. The Hall–Kier alpha value is -2.53. The van der Waals surface area contributed by atoms with Crippen LogP contribution < -0.4 is 14.8 Å². The third-order valence-corrected chi connectivity index (χ3v) is 4.01. The second-order valence-electron chi connectivity index (χ2n) is 7.33. The van der Waals surface area contributed by atoms with Gasteiger partial charge in [0.25, 0.3) is 0 Å². The van der Waals surface area contributed by atoms with Gasteiger partial charge in [0.1, 0.15) is 23.1 Å². The molecule has 146 valence electrons. The molecule has 5 nitrogen and oxygen atoms in total. The summed E-state index contributed by atoms with van der Waals surface area (Å²) < 4.78 is 16.3. The fourth-order valence-electron chi connectivity index (χ4n) is 2.69. The Bertz CT molecular complexity index is 738. The number of benzene rings is 2. The molecule has 2 aromatic carbocycles. The van der Waals surface area contributed by atoms with Crippen molar-refractivity contribution >= 4 is 5.97 Å². The first-order chi connectivity index (χ1) is 12.8. The van der Waals surface area contributed by atoms with Gasteiger partial charge >= 0.3 is 5.97 Å². The summed E-state index contributed by atoms with van der Waals surface area (Å²) >= 11 is 0. The monoisotopic (exact) mass is 371 g/mol. The summed E-state index contributed by atoms with van der Waals surface area (Å²) in [7, 11) is 3.23.